The number of hydrogen-bond donors (Lipinski definition) is 2. The summed E-state index contributed by atoms with van der Waals surface area (Å²) >= 11 is 0. The lowest BCUT2D eigenvalue weighted by Gasteiger charge is -2.10. The van der Waals surface area contributed by atoms with Crippen molar-refractivity contribution < 1.29 is 14.6 Å². The van der Waals surface area contributed by atoms with Crippen molar-refractivity contribution in [3.05, 3.63) is 65.2 Å². The molecule has 0 bridgehead atoms. The molecule has 126 valence electrons. The van der Waals surface area contributed by atoms with Gasteiger partial charge < -0.3 is 19.9 Å². The third-order valence-corrected chi connectivity index (χ3v) is 3.42. The van der Waals surface area contributed by atoms with Gasteiger partial charge in [0.25, 0.3) is 0 Å². The van der Waals surface area contributed by atoms with Gasteiger partial charge in [0.2, 0.25) is 0 Å². The standard InChI is InChI=1S/C19H22N2O3/c20-13-17-5-1-2-6-18(17)15-24-19-7-3-4-16(12-19)14-21-8-10-23-11-9-22/h1-7,12,21-22H,8-11,14-15H2. The zero-order valence-electron chi connectivity index (χ0n) is 13.6. The lowest BCUT2D eigenvalue weighted by Crippen LogP contribution is -2.20. The Bertz CT molecular complexity index is 668. The Morgan fingerprint density at radius 1 is 1.08 bits per heavy atom. The molecule has 0 aromatic heterocycles. The summed E-state index contributed by atoms with van der Waals surface area (Å²) in [5.74, 6) is 0.776. The summed E-state index contributed by atoms with van der Waals surface area (Å²) in [6.07, 6.45) is 0. The fraction of sp³-hybridized carbons (Fsp3) is 0.316. The van der Waals surface area contributed by atoms with Crippen LogP contribution in [0.25, 0.3) is 0 Å². The fourth-order valence-corrected chi connectivity index (χ4v) is 2.21. The highest BCUT2D eigenvalue weighted by Crippen LogP contribution is 2.16. The Morgan fingerprint density at radius 2 is 1.96 bits per heavy atom. The molecule has 0 radical (unpaired) electrons. The highest BCUT2D eigenvalue weighted by atomic mass is 16.5. The highest BCUT2D eigenvalue weighted by Gasteiger charge is 2.02. The van der Waals surface area contributed by atoms with Crippen molar-refractivity contribution in [2.75, 3.05) is 26.4 Å². The molecule has 0 aliphatic rings. The van der Waals surface area contributed by atoms with Crippen molar-refractivity contribution in [2.45, 2.75) is 13.2 Å². The van der Waals surface area contributed by atoms with Gasteiger partial charge in [-0.3, -0.25) is 0 Å². The summed E-state index contributed by atoms with van der Waals surface area (Å²) in [6.45, 7) is 2.80. The van der Waals surface area contributed by atoms with Gasteiger partial charge in [0.1, 0.15) is 12.4 Å². The first-order valence-corrected chi connectivity index (χ1v) is 7.92. The van der Waals surface area contributed by atoms with Gasteiger partial charge in [-0.05, 0) is 23.8 Å². The number of ether oxygens (including phenoxy) is 2. The van der Waals surface area contributed by atoms with Crippen LogP contribution in [0.4, 0.5) is 0 Å². The fourth-order valence-electron chi connectivity index (χ4n) is 2.21. The van der Waals surface area contributed by atoms with E-state index in [9.17, 15) is 0 Å². The number of nitriles is 1. The number of aliphatic hydroxyl groups excluding tert-OH is 1. The average molecular weight is 326 g/mol. The molecule has 0 atom stereocenters. The second-order valence-corrected chi connectivity index (χ2v) is 5.22. The van der Waals surface area contributed by atoms with E-state index in [0.717, 1.165) is 23.4 Å². The van der Waals surface area contributed by atoms with Crippen LogP contribution >= 0.6 is 0 Å². The maximum Gasteiger partial charge on any atom is 0.120 e. The number of aliphatic hydroxyl groups is 1. The minimum Gasteiger partial charge on any atom is -0.489 e. The zero-order valence-corrected chi connectivity index (χ0v) is 13.6. The van der Waals surface area contributed by atoms with Crippen LogP contribution in [0.2, 0.25) is 0 Å². The molecule has 0 heterocycles. The van der Waals surface area contributed by atoms with Crippen LogP contribution in [0.5, 0.6) is 5.75 Å². The van der Waals surface area contributed by atoms with Crippen LogP contribution < -0.4 is 10.1 Å². The molecule has 2 aromatic carbocycles. The van der Waals surface area contributed by atoms with Crippen molar-refractivity contribution >= 4 is 0 Å². The first-order valence-electron chi connectivity index (χ1n) is 7.92. The van der Waals surface area contributed by atoms with Gasteiger partial charge >= 0.3 is 0 Å². The minimum atomic E-state index is 0.0499. The Kier molecular flexibility index (Phi) is 7.78. The van der Waals surface area contributed by atoms with Gasteiger partial charge in [0.15, 0.2) is 0 Å². The molecule has 0 aliphatic heterocycles. The maximum atomic E-state index is 9.10. The van der Waals surface area contributed by atoms with Gasteiger partial charge in [-0.1, -0.05) is 30.3 Å². The molecule has 5 heteroatoms. The van der Waals surface area contributed by atoms with Crippen LogP contribution in [-0.2, 0) is 17.9 Å². The Hall–Kier alpha value is -2.39. The van der Waals surface area contributed by atoms with Gasteiger partial charge in [-0.15, -0.1) is 0 Å². The summed E-state index contributed by atoms with van der Waals surface area (Å²) in [4.78, 5) is 0. The molecule has 0 aliphatic carbocycles. The van der Waals surface area contributed by atoms with Gasteiger partial charge in [-0.2, -0.15) is 5.26 Å². The van der Waals surface area contributed by atoms with Gasteiger partial charge in [0.05, 0.1) is 31.5 Å². The largest absolute Gasteiger partial charge is 0.489 e. The van der Waals surface area contributed by atoms with Gasteiger partial charge in [-0.25, -0.2) is 0 Å². The van der Waals surface area contributed by atoms with Crippen molar-refractivity contribution in [3.8, 4) is 11.8 Å². The summed E-state index contributed by atoms with van der Waals surface area (Å²) in [5, 5.41) is 21.0. The van der Waals surface area contributed by atoms with Crippen molar-refractivity contribution in [3.63, 3.8) is 0 Å². The van der Waals surface area contributed by atoms with E-state index < -0.39 is 0 Å². The Balaban J connectivity index is 1.81. The number of rotatable bonds is 10. The molecule has 2 N–H and O–H groups in total. The van der Waals surface area contributed by atoms with Crippen LogP contribution in [0.1, 0.15) is 16.7 Å². The van der Waals surface area contributed by atoms with Gasteiger partial charge in [0, 0.05) is 18.7 Å². The lowest BCUT2D eigenvalue weighted by molar-refractivity contribution is 0.0938. The molecule has 0 amide bonds. The average Bonchev–Trinajstić information content (AvgIpc) is 2.63. The van der Waals surface area contributed by atoms with Crippen LogP contribution in [-0.4, -0.2) is 31.5 Å². The molecular formula is C19H22N2O3. The van der Waals surface area contributed by atoms with Crippen molar-refractivity contribution in [1.29, 1.82) is 5.26 Å². The maximum absolute atomic E-state index is 9.10. The van der Waals surface area contributed by atoms with E-state index >= 15 is 0 Å². The predicted octanol–water partition coefficient (Wildman–Crippen LogP) is 2.24. The molecule has 5 nitrogen and oxygen atoms in total. The Morgan fingerprint density at radius 3 is 2.79 bits per heavy atom. The second-order valence-electron chi connectivity index (χ2n) is 5.22. The number of nitrogens with zero attached hydrogens (tertiary/aromatic N) is 1. The van der Waals surface area contributed by atoms with Crippen molar-refractivity contribution in [1.82, 2.24) is 5.32 Å². The van der Waals surface area contributed by atoms with E-state index in [2.05, 4.69) is 11.4 Å². The molecule has 2 aromatic rings. The number of hydrogen-bond acceptors (Lipinski definition) is 5. The SMILES string of the molecule is N#Cc1ccccc1COc1cccc(CNCCOCCO)c1. The summed E-state index contributed by atoms with van der Waals surface area (Å²) < 4.78 is 11.0. The topological polar surface area (TPSA) is 74.5 Å². The van der Waals surface area contributed by atoms with E-state index in [0.29, 0.717) is 31.9 Å². The lowest BCUT2D eigenvalue weighted by atomic mass is 10.1. The van der Waals surface area contributed by atoms with Crippen molar-refractivity contribution in [2.24, 2.45) is 0 Å². The van der Waals surface area contributed by atoms with E-state index in [-0.39, 0.29) is 6.61 Å². The van der Waals surface area contributed by atoms with Crippen LogP contribution in [0, 0.1) is 11.3 Å². The highest BCUT2D eigenvalue weighted by molar-refractivity contribution is 5.37. The third kappa shape index (κ3) is 6.01. The number of benzene rings is 2. The van der Waals surface area contributed by atoms with E-state index in [1.54, 1.807) is 6.07 Å². The monoisotopic (exact) mass is 326 g/mol. The first kappa shape index (κ1) is 18.0. The normalized spacial score (nSPS) is 10.3. The molecule has 0 unspecified atom stereocenters. The van der Waals surface area contributed by atoms with Crippen LogP contribution in [0.15, 0.2) is 48.5 Å². The molecule has 0 fully saturated rings. The molecule has 0 saturated heterocycles. The summed E-state index contributed by atoms with van der Waals surface area (Å²) in [7, 11) is 0. The molecule has 0 spiro atoms. The third-order valence-electron chi connectivity index (χ3n) is 3.42. The summed E-state index contributed by atoms with van der Waals surface area (Å²) in [5.41, 5.74) is 2.63. The molecule has 0 saturated carbocycles. The molecule has 24 heavy (non-hydrogen) atoms. The van der Waals surface area contributed by atoms with E-state index in [1.807, 2.05) is 42.5 Å². The smallest absolute Gasteiger partial charge is 0.120 e. The molecule has 2 rings (SSSR count). The van der Waals surface area contributed by atoms with Crippen LogP contribution in [0.3, 0.4) is 0 Å². The number of nitrogens with one attached hydrogen (secondary N) is 1. The zero-order chi connectivity index (χ0) is 17.0. The minimum absolute atomic E-state index is 0.0499. The van der Waals surface area contributed by atoms with E-state index in [1.165, 1.54) is 0 Å². The first-order chi connectivity index (χ1) is 11.8. The second kappa shape index (κ2) is 10.4. The van der Waals surface area contributed by atoms with E-state index in [4.69, 9.17) is 19.8 Å². The summed E-state index contributed by atoms with van der Waals surface area (Å²) in [6, 6.07) is 17.5. The predicted molar refractivity (Wildman–Crippen MR) is 91.5 cm³/mol. The Labute approximate surface area is 142 Å². The molecular weight excluding hydrogens is 304 g/mol. The quantitative estimate of drug-likeness (QED) is 0.655.